The molecule has 0 fully saturated rings. The summed E-state index contributed by atoms with van der Waals surface area (Å²) in [4.78, 5) is 0.685. The molecule has 0 aliphatic rings. The summed E-state index contributed by atoms with van der Waals surface area (Å²) in [6.45, 7) is 1.98. The summed E-state index contributed by atoms with van der Waals surface area (Å²) in [6.07, 6.45) is 0. The number of halogens is 1. The van der Waals surface area contributed by atoms with Gasteiger partial charge in [-0.05, 0) is 36.1 Å². The van der Waals surface area contributed by atoms with E-state index < -0.39 is 15.8 Å². The Morgan fingerprint density at radius 1 is 1.24 bits per heavy atom. The van der Waals surface area contributed by atoms with Gasteiger partial charge in [-0.15, -0.1) is 11.8 Å². The van der Waals surface area contributed by atoms with E-state index in [2.05, 4.69) is 4.72 Å². The topological polar surface area (TPSA) is 72.2 Å². The van der Waals surface area contributed by atoms with Crippen molar-refractivity contribution in [2.24, 2.45) is 0 Å². The highest BCUT2D eigenvalue weighted by Crippen LogP contribution is 2.29. The summed E-state index contributed by atoms with van der Waals surface area (Å²) >= 11 is 1.53. The lowest BCUT2D eigenvalue weighted by atomic mass is 10.3. The van der Waals surface area contributed by atoms with E-state index in [9.17, 15) is 12.8 Å². The van der Waals surface area contributed by atoms with E-state index in [4.69, 9.17) is 5.73 Å². The van der Waals surface area contributed by atoms with Gasteiger partial charge in [-0.1, -0.05) is 19.1 Å². The zero-order valence-electron chi connectivity index (χ0n) is 11.3. The van der Waals surface area contributed by atoms with Crippen LogP contribution in [0.2, 0.25) is 0 Å². The Kier molecular flexibility index (Phi) is 4.74. The molecule has 0 bridgehead atoms. The van der Waals surface area contributed by atoms with Crippen LogP contribution in [0.25, 0.3) is 0 Å². The summed E-state index contributed by atoms with van der Waals surface area (Å²) in [5.41, 5.74) is 5.95. The van der Waals surface area contributed by atoms with Gasteiger partial charge in [0, 0.05) is 4.90 Å². The number of para-hydroxylation sites is 1. The largest absolute Gasteiger partial charge is 0.398 e. The van der Waals surface area contributed by atoms with Crippen molar-refractivity contribution in [3.63, 3.8) is 0 Å². The van der Waals surface area contributed by atoms with Crippen molar-refractivity contribution in [2.75, 3.05) is 16.2 Å². The minimum atomic E-state index is -3.86. The molecule has 2 aromatic carbocycles. The molecule has 2 rings (SSSR count). The fourth-order valence-corrected chi connectivity index (χ4v) is 3.81. The van der Waals surface area contributed by atoms with Crippen molar-refractivity contribution in [2.45, 2.75) is 16.7 Å². The predicted octanol–water partition coefficient (Wildman–Crippen LogP) is 3.32. The van der Waals surface area contributed by atoms with Crippen LogP contribution in [-0.2, 0) is 10.0 Å². The lowest BCUT2D eigenvalue weighted by Gasteiger charge is -2.13. The Hall–Kier alpha value is -1.73. The number of hydrogen-bond acceptors (Lipinski definition) is 4. The molecule has 0 saturated heterocycles. The standard InChI is InChI=1S/C14H15FN2O2S2/c1-2-20-13-6-4-3-5-12(13)17-21(18,19)14-8-7-10(15)9-11(14)16/h3-9,17H,2,16H2,1H3. The summed E-state index contributed by atoms with van der Waals surface area (Å²) in [5, 5.41) is 0. The van der Waals surface area contributed by atoms with E-state index in [0.29, 0.717) is 5.69 Å². The van der Waals surface area contributed by atoms with Crippen LogP contribution in [0.1, 0.15) is 6.92 Å². The predicted molar refractivity (Wildman–Crippen MR) is 84.5 cm³/mol. The van der Waals surface area contributed by atoms with Gasteiger partial charge >= 0.3 is 0 Å². The Bertz CT molecular complexity index is 748. The van der Waals surface area contributed by atoms with Crippen LogP contribution in [0.15, 0.2) is 52.3 Å². The van der Waals surface area contributed by atoms with Crippen LogP contribution in [0.3, 0.4) is 0 Å². The van der Waals surface area contributed by atoms with Crippen molar-refractivity contribution in [3.8, 4) is 0 Å². The molecule has 0 amide bonds. The van der Waals surface area contributed by atoms with Crippen LogP contribution in [0.5, 0.6) is 0 Å². The van der Waals surface area contributed by atoms with E-state index in [-0.39, 0.29) is 10.6 Å². The molecule has 3 N–H and O–H groups in total. The molecule has 0 aromatic heterocycles. The number of nitrogens with one attached hydrogen (secondary N) is 1. The van der Waals surface area contributed by atoms with Gasteiger partial charge < -0.3 is 5.73 Å². The first kappa shape index (κ1) is 15.7. The molecule has 112 valence electrons. The highest BCUT2D eigenvalue weighted by Gasteiger charge is 2.19. The van der Waals surface area contributed by atoms with Gasteiger partial charge in [0.1, 0.15) is 10.7 Å². The second-order valence-electron chi connectivity index (χ2n) is 4.22. The average Bonchev–Trinajstić information content (AvgIpc) is 2.40. The van der Waals surface area contributed by atoms with Crippen LogP contribution >= 0.6 is 11.8 Å². The lowest BCUT2D eigenvalue weighted by Crippen LogP contribution is -2.15. The summed E-state index contributed by atoms with van der Waals surface area (Å²) in [6, 6.07) is 10.3. The molecule has 7 heteroatoms. The van der Waals surface area contributed by atoms with Gasteiger partial charge in [0.25, 0.3) is 10.0 Å². The molecule has 0 saturated carbocycles. The number of sulfonamides is 1. The zero-order chi connectivity index (χ0) is 15.5. The maximum atomic E-state index is 13.0. The smallest absolute Gasteiger partial charge is 0.263 e. The van der Waals surface area contributed by atoms with Crippen LogP contribution in [0, 0.1) is 5.82 Å². The zero-order valence-corrected chi connectivity index (χ0v) is 13.0. The molecule has 4 nitrogen and oxygen atoms in total. The molecule has 0 atom stereocenters. The Morgan fingerprint density at radius 2 is 1.95 bits per heavy atom. The van der Waals surface area contributed by atoms with E-state index in [1.165, 1.54) is 11.8 Å². The minimum absolute atomic E-state index is 0.122. The van der Waals surface area contributed by atoms with Crippen molar-refractivity contribution < 1.29 is 12.8 Å². The monoisotopic (exact) mass is 326 g/mol. The molecule has 0 aliphatic heterocycles. The molecular weight excluding hydrogens is 311 g/mol. The molecule has 0 spiro atoms. The van der Waals surface area contributed by atoms with E-state index in [1.807, 2.05) is 19.1 Å². The Labute approximate surface area is 127 Å². The third-order valence-electron chi connectivity index (χ3n) is 2.69. The number of rotatable bonds is 5. The third-order valence-corrected chi connectivity index (χ3v) is 5.09. The van der Waals surface area contributed by atoms with Crippen molar-refractivity contribution in [1.29, 1.82) is 0 Å². The number of anilines is 2. The molecule has 21 heavy (non-hydrogen) atoms. The highest BCUT2D eigenvalue weighted by molar-refractivity contribution is 7.99. The first-order chi connectivity index (χ1) is 9.94. The van der Waals surface area contributed by atoms with Crippen molar-refractivity contribution in [3.05, 3.63) is 48.3 Å². The maximum Gasteiger partial charge on any atom is 0.263 e. The second kappa shape index (κ2) is 6.36. The fourth-order valence-electron chi connectivity index (χ4n) is 1.80. The van der Waals surface area contributed by atoms with E-state index >= 15 is 0 Å². The Balaban J connectivity index is 2.38. The van der Waals surface area contributed by atoms with E-state index in [1.54, 1.807) is 12.1 Å². The lowest BCUT2D eigenvalue weighted by molar-refractivity contribution is 0.600. The molecule has 0 heterocycles. The number of nitrogen functional groups attached to an aromatic ring is 1. The van der Waals surface area contributed by atoms with Gasteiger partial charge in [-0.2, -0.15) is 0 Å². The third kappa shape index (κ3) is 3.68. The minimum Gasteiger partial charge on any atom is -0.398 e. The number of nitrogens with two attached hydrogens (primary N) is 1. The second-order valence-corrected chi connectivity index (χ2v) is 7.17. The van der Waals surface area contributed by atoms with Crippen LogP contribution in [-0.4, -0.2) is 14.2 Å². The maximum absolute atomic E-state index is 13.0. The fraction of sp³-hybridized carbons (Fsp3) is 0.143. The molecule has 0 unspecified atom stereocenters. The van der Waals surface area contributed by atoms with Crippen LogP contribution in [0.4, 0.5) is 15.8 Å². The highest BCUT2D eigenvalue weighted by atomic mass is 32.2. The first-order valence-electron chi connectivity index (χ1n) is 6.23. The van der Waals surface area contributed by atoms with Crippen LogP contribution < -0.4 is 10.5 Å². The molecule has 2 aromatic rings. The van der Waals surface area contributed by atoms with Crippen molar-refractivity contribution >= 4 is 33.2 Å². The number of thioether (sulfide) groups is 1. The quantitative estimate of drug-likeness (QED) is 0.653. The molecule has 0 radical (unpaired) electrons. The van der Waals surface area contributed by atoms with Crippen molar-refractivity contribution in [1.82, 2.24) is 0 Å². The molecule has 0 aliphatic carbocycles. The van der Waals surface area contributed by atoms with Gasteiger partial charge in [0.05, 0.1) is 11.4 Å². The average molecular weight is 326 g/mol. The summed E-state index contributed by atoms with van der Waals surface area (Å²) in [7, 11) is -3.86. The number of benzene rings is 2. The summed E-state index contributed by atoms with van der Waals surface area (Å²) < 4.78 is 40.3. The van der Waals surface area contributed by atoms with Gasteiger partial charge in [0.2, 0.25) is 0 Å². The van der Waals surface area contributed by atoms with Gasteiger partial charge in [-0.3, -0.25) is 4.72 Å². The van der Waals surface area contributed by atoms with E-state index in [0.717, 1.165) is 28.8 Å². The number of hydrogen-bond donors (Lipinski definition) is 2. The first-order valence-corrected chi connectivity index (χ1v) is 8.70. The van der Waals surface area contributed by atoms with Gasteiger partial charge in [0.15, 0.2) is 0 Å². The Morgan fingerprint density at radius 3 is 2.62 bits per heavy atom. The normalized spacial score (nSPS) is 11.3. The summed E-state index contributed by atoms with van der Waals surface area (Å²) in [5.74, 6) is 0.241. The van der Waals surface area contributed by atoms with Gasteiger partial charge in [-0.25, -0.2) is 12.8 Å². The SMILES string of the molecule is CCSc1ccccc1NS(=O)(=O)c1ccc(F)cc1N. The molecular formula is C14H15FN2O2S2.